The van der Waals surface area contributed by atoms with Crippen LogP contribution in [0, 0.1) is 24.4 Å². The van der Waals surface area contributed by atoms with Gasteiger partial charge in [-0.1, -0.05) is 12.1 Å². The van der Waals surface area contributed by atoms with Crippen molar-refractivity contribution in [3.8, 4) is 5.75 Å². The molecule has 5 heteroatoms. The second-order valence-electron chi connectivity index (χ2n) is 4.23. The lowest BCUT2D eigenvalue weighted by Crippen LogP contribution is -2.10. The summed E-state index contributed by atoms with van der Waals surface area (Å²) in [6, 6.07) is 5.86. The van der Waals surface area contributed by atoms with Gasteiger partial charge in [0.2, 0.25) is 5.78 Å². The van der Waals surface area contributed by atoms with Gasteiger partial charge in [-0.15, -0.1) is 0 Å². The number of benzene rings is 2. The molecule has 0 saturated carbocycles. The minimum atomic E-state index is -1.09. The molecule has 0 amide bonds. The van der Waals surface area contributed by atoms with Gasteiger partial charge in [0.05, 0.1) is 18.2 Å². The molecule has 0 fully saturated rings. The highest BCUT2D eigenvalue weighted by Crippen LogP contribution is 2.24. The van der Waals surface area contributed by atoms with Crippen LogP contribution in [0.15, 0.2) is 30.3 Å². The van der Waals surface area contributed by atoms with Crippen molar-refractivity contribution in [3.63, 3.8) is 0 Å². The van der Waals surface area contributed by atoms with Crippen molar-refractivity contribution >= 4 is 5.78 Å². The fourth-order valence-corrected chi connectivity index (χ4v) is 1.84. The Hall–Kier alpha value is -2.30. The average molecular weight is 280 g/mol. The van der Waals surface area contributed by atoms with E-state index in [0.29, 0.717) is 0 Å². The molecule has 0 N–H and O–H groups in total. The highest BCUT2D eigenvalue weighted by molar-refractivity contribution is 6.09. The third-order valence-electron chi connectivity index (χ3n) is 2.91. The number of ketones is 1. The topological polar surface area (TPSA) is 26.3 Å². The van der Waals surface area contributed by atoms with E-state index in [0.717, 1.165) is 12.1 Å². The molecular formula is C15H11F3O2. The van der Waals surface area contributed by atoms with Crippen LogP contribution in [-0.2, 0) is 0 Å². The van der Waals surface area contributed by atoms with Crippen LogP contribution in [0.5, 0.6) is 5.75 Å². The molecule has 0 saturated heterocycles. The highest BCUT2D eigenvalue weighted by atomic mass is 19.1. The number of carbonyl (C=O) groups is 1. The minimum absolute atomic E-state index is 0.0544. The molecule has 0 atom stereocenters. The van der Waals surface area contributed by atoms with E-state index in [4.69, 9.17) is 4.74 Å². The molecule has 0 aliphatic rings. The Bertz CT molecular complexity index is 658. The van der Waals surface area contributed by atoms with Crippen LogP contribution in [0.1, 0.15) is 21.5 Å². The van der Waals surface area contributed by atoms with E-state index >= 15 is 0 Å². The van der Waals surface area contributed by atoms with E-state index in [9.17, 15) is 18.0 Å². The third-order valence-corrected chi connectivity index (χ3v) is 2.91. The number of halogens is 3. The molecule has 0 radical (unpaired) electrons. The standard InChI is InChI=1S/C15H11F3O2/c1-8-4-3-5-10(14(8)18)15(19)13-11(16)6-9(20-2)7-12(13)17/h3-7H,1-2H3. The second kappa shape index (κ2) is 5.36. The summed E-state index contributed by atoms with van der Waals surface area (Å²) >= 11 is 0. The first-order valence-corrected chi connectivity index (χ1v) is 5.78. The fraction of sp³-hybridized carbons (Fsp3) is 0.133. The molecule has 20 heavy (non-hydrogen) atoms. The Morgan fingerprint density at radius 3 is 2.25 bits per heavy atom. The zero-order chi connectivity index (χ0) is 14.9. The van der Waals surface area contributed by atoms with Crippen molar-refractivity contribution in [1.29, 1.82) is 0 Å². The number of methoxy groups -OCH3 is 1. The van der Waals surface area contributed by atoms with Crippen molar-refractivity contribution in [3.05, 3.63) is 64.5 Å². The van der Waals surface area contributed by atoms with E-state index in [1.54, 1.807) is 0 Å². The molecule has 2 aromatic carbocycles. The third kappa shape index (κ3) is 2.39. The second-order valence-corrected chi connectivity index (χ2v) is 4.23. The predicted octanol–water partition coefficient (Wildman–Crippen LogP) is 3.65. The Kier molecular flexibility index (Phi) is 3.79. The number of carbonyl (C=O) groups excluding carboxylic acids is 1. The first kappa shape index (κ1) is 14.1. The first-order chi connectivity index (χ1) is 9.45. The average Bonchev–Trinajstić information content (AvgIpc) is 2.40. The SMILES string of the molecule is COc1cc(F)c(C(=O)c2cccc(C)c2F)c(F)c1. The van der Waals surface area contributed by atoms with Gasteiger partial charge in [-0.3, -0.25) is 4.79 Å². The molecule has 0 bridgehead atoms. The molecule has 104 valence electrons. The van der Waals surface area contributed by atoms with Gasteiger partial charge in [-0.2, -0.15) is 0 Å². The van der Waals surface area contributed by atoms with Crippen LogP contribution in [0.3, 0.4) is 0 Å². The van der Waals surface area contributed by atoms with Crippen LogP contribution in [0.4, 0.5) is 13.2 Å². The van der Waals surface area contributed by atoms with Gasteiger partial charge in [0.1, 0.15) is 23.2 Å². The van der Waals surface area contributed by atoms with Gasteiger partial charge in [0.25, 0.3) is 0 Å². The van der Waals surface area contributed by atoms with Crippen molar-refractivity contribution in [2.75, 3.05) is 7.11 Å². The normalized spacial score (nSPS) is 10.4. The lowest BCUT2D eigenvalue weighted by Gasteiger charge is -2.08. The molecule has 2 aromatic rings. The summed E-state index contributed by atoms with van der Waals surface area (Å²) in [4.78, 5) is 12.1. The van der Waals surface area contributed by atoms with Crippen LogP contribution in [0.25, 0.3) is 0 Å². The zero-order valence-corrected chi connectivity index (χ0v) is 10.8. The lowest BCUT2D eigenvalue weighted by atomic mass is 10.00. The van der Waals surface area contributed by atoms with E-state index < -0.39 is 28.8 Å². The fourth-order valence-electron chi connectivity index (χ4n) is 1.84. The predicted molar refractivity (Wildman–Crippen MR) is 67.5 cm³/mol. The number of rotatable bonds is 3. The van der Waals surface area contributed by atoms with Gasteiger partial charge < -0.3 is 4.74 Å². The van der Waals surface area contributed by atoms with Gasteiger partial charge in [0, 0.05) is 12.1 Å². The lowest BCUT2D eigenvalue weighted by molar-refractivity contribution is 0.102. The Labute approximate surface area is 113 Å². The van der Waals surface area contributed by atoms with E-state index in [2.05, 4.69) is 0 Å². The summed E-state index contributed by atoms with van der Waals surface area (Å²) in [7, 11) is 1.25. The summed E-state index contributed by atoms with van der Waals surface area (Å²) in [5.74, 6) is -4.06. The quantitative estimate of drug-likeness (QED) is 0.802. The molecule has 0 heterocycles. The molecule has 0 aliphatic carbocycles. The maximum absolute atomic E-state index is 13.9. The maximum atomic E-state index is 13.9. The Morgan fingerprint density at radius 2 is 1.70 bits per heavy atom. The summed E-state index contributed by atoms with van der Waals surface area (Å²) in [5, 5.41) is 0. The van der Waals surface area contributed by atoms with Gasteiger partial charge in [-0.05, 0) is 18.6 Å². The maximum Gasteiger partial charge on any atom is 0.201 e. The first-order valence-electron chi connectivity index (χ1n) is 5.78. The van der Waals surface area contributed by atoms with E-state index in [-0.39, 0.29) is 16.9 Å². The van der Waals surface area contributed by atoms with Crippen molar-refractivity contribution in [2.45, 2.75) is 6.92 Å². The monoisotopic (exact) mass is 280 g/mol. The molecule has 0 aromatic heterocycles. The van der Waals surface area contributed by atoms with Crippen LogP contribution in [0.2, 0.25) is 0 Å². The minimum Gasteiger partial charge on any atom is -0.497 e. The van der Waals surface area contributed by atoms with Crippen LogP contribution < -0.4 is 4.74 Å². The van der Waals surface area contributed by atoms with Gasteiger partial charge in [0.15, 0.2) is 0 Å². The Balaban J connectivity index is 2.57. The molecule has 2 rings (SSSR count). The molecule has 0 unspecified atom stereocenters. The summed E-state index contributed by atoms with van der Waals surface area (Å²) in [5.41, 5.74) is -0.937. The largest absolute Gasteiger partial charge is 0.497 e. The number of hydrogen-bond acceptors (Lipinski definition) is 2. The molecule has 2 nitrogen and oxygen atoms in total. The molecule has 0 aliphatic heterocycles. The van der Waals surface area contributed by atoms with Crippen LogP contribution in [-0.4, -0.2) is 12.9 Å². The Morgan fingerprint density at radius 1 is 1.10 bits per heavy atom. The van der Waals surface area contributed by atoms with Gasteiger partial charge in [-0.25, -0.2) is 13.2 Å². The zero-order valence-electron chi connectivity index (χ0n) is 10.8. The molecular weight excluding hydrogens is 269 g/mol. The van der Waals surface area contributed by atoms with Gasteiger partial charge >= 0.3 is 0 Å². The smallest absolute Gasteiger partial charge is 0.201 e. The van der Waals surface area contributed by atoms with Crippen molar-refractivity contribution in [1.82, 2.24) is 0 Å². The van der Waals surface area contributed by atoms with Crippen LogP contribution >= 0.6 is 0 Å². The number of aryl methyl sites for hydroxylation is 1. The number of ether oxygens (including phenoxy) is 1. The van der Waals surface area contributed by atoms with E-state index in [1.807, 2.05) is 0 Å². The van der Waals surface area contributed by atoms with Crippen molar-refractivity contribution < 1.29 is 22.7 Å². The van der Waals surface area contributed by atoms with E-state index in [1.165, 1.54) is 32.2 Å². The number of hydrogen-bond donors (Lipinski definition) is 0. The summed E-state index contributed by atoms with van der Waals surface area (Å²) in [6.07, 6.45) is 0. The highest BCUT2D eigenvalue weighted by Gasteiger charge is 2.23. The summed E-state index contributed by atoms with van der Waals surface area (Å²) in [6.45, 7) is 1.47. The molecule has 0 spiro atoms. The van der Waals surface area contributed by atoms with Crippen molar-refractivity contribution in [2.24, 2.45) is 0 Å². The summed E-state index contributed by atoms with van der Waals surface area (Å²) < 4.78 is 46.2.